The van der Waals surface area contributed by atoms with Crippen LogP contribution in [0.2, 0.25) is 5.15 Å². The lowest BCUT2D eigenvalue weighted by Gasteiger charge is -2.31. The first-order valence-electron chi connectivity index (χ1n) is 12.8. The standard InChI is InChI=1S/C29H24ClF4N5O4/c1-15-21(24(30)39(38-15)18-6-4-3-5-7-18)25(40)36-13-28(42,29(32,33)34)20-12-19-23(43-14-27(19,2)26(35)41)22(37-20)16-8-10-17(31)11-9-16/h3-12,42H,13-14H2,1-2H3,(H2,35,41)(H,36,40)/t27-,28-/m0/s1. The Bertz CT molecular complexity index is 1730. The number of para-hydroxylation sites is 1. The summed E-state index contributed by atoms with van der Waals surface area (Å²) >= 11 is 6.40. The number of amides is 2. The fourth-order valence-electron chi connectivity index (χ4n) is 4.73. The average molecular weight is 618 g/mol. The van der Waals surface area contributed by atoms with E-state index in [1.807, 2.05) is 0 Å². The summed E-state index contributed by atoms with van der Waals surface area (Å²) < 4.78 is 64.5. The van der Waals surface area contributed by atoms with E-state index in [1.54, 1.807) is 30.3 Å². The van der Waals surface area contributed by atoms with E-state index < -0.39 is 47.1 Å². The van der Waals surface area contributed by atoms with E-state index >= 15 is 0 Å². The van der Waals surface area contributed by atoms with Gasteiger partial charge in [0.2, 0.25) is 11.5 Å². The Morgan fingerprint density at radius 3 is 2.42 bits per heavy atom. The Kier molecular flexibility index (Phi) is 7.43. The number of pyridine rings is 1. The van der Waals surface area contributed by atoms with Gasteiger partial charge in [0.15, 0.2) is 0 Å². The quantitative estimate of drug-likeness (QED) is 0.264. The summed E-state index contributed by atoms with van der Waals surface area (Å²) in [5.74, 6) is -2.57. The third-order valence-corrected chi connectivity index (χ3v) is 7.71. The van der Waals surface area contributed by atoms with Gasteiger partial charge in [-0.15, -0.1) is 0 Å². The molecule has 4 N–H and O–H groups in total. The van der Waals surface area contributed by atoms with E-state index in [-0.39, 0.29) is 45.6 Å². The molecule has 1 aliphatic heterocycles. The van der Waals surface area contributed by atoms with Crippen LogP contribution in [0, 0.1) is 12.7 Å². The van der Waals surface area contributed by atoms with Gasteiger partial charge < -0.3 is 20.9 Å². The van der Waals surface area contributed by atoms with E-state index in [2.05, 4.69) is 15.4 Å². The maximum absolute atomic E-state index is 14.7. The Morgan fingerprint density at radius 1 is 1.16 bits per heavy atom. The Labute approximate surface area is 247 Å². The molecule has 3 heterocycles. The number of alkyl halides is 3. The highest BCUT2D eigenvalue weighted by Gasteiger charge is 2.57. The number of halogens is 5. The van der Waals surface area contributed by atoms with Gasteiger partial charge in [-0.1, -0.05) is 29.8 Å². The monoisotopic (exact) mass is 617 g/mol. The summed E-state index contributed by atoms with van der Waals surface area (Å²) in [6, 6.07) is 14.1. The highest BCUT2D eigenvalue weighted by atomic mass is 35.5. The minimum absolute atomic E-state index is 0.0408. The number of carbonyl (C=O) groups excluding carboxylic acids is 2. The number of rotatable bonds is 7. The maximum Gasteiger partial charge on any atom is 0.424 e. The second-order valence-corrected chi connectivity index (χ2v) is 10.6. The molecule has 14 heteroatoms. The number of aromatic nitrogens is 3. The fourth-order valence-corrected chi connectivity index (χ4v) is 5.09. The van der Waals surface area contributed by atoms with Crippen molar-refractivity contribution in [1.82, 2.24) is 20.1 Å². The zero-order valence-corrected chi connectivity index (χ0v) is 23.4. The molecule has 0 fully saturated rings. The van der Waals surface area contributed by atoms with Crippen LogP contribution in [0.15, 0.2) is 60.7 Å². The second kappa shape index (κ2) is 10.7. The first kappa shape index (κ1) is 30.0. The maximum atomic E-state index is 14.7. The molecule has 0 radical (unpaired) electrons. The van der Waals surface area contributed by atoms with Crippen LogP contribution in [0.5, 0.6) is 5.75 Å². The molecule has 224 valence electrons. The first-order chi connectivity index (χ1) is 20.2. The van der Waals surface area contributed by atoms with Gasteiger partial charge in [0.1, 0.15) is 34.4 Å². The summed E-state index contributed by atoms with van der Waals surface area (Å²) in [7, 11) is 0. The number of nitrogens with two attached hydrogens (primary N) is 1. The molecule has 2 amide bonds. The lowest BCUT2D eigenvalue weighted by atomic mass is 9.81. The van der Waals surface area contributed by atoms with Crippen molar-refractivity contribution < 1.29 is 37.0 Å². The molecule has 9 nitrogen and oxygen atoms in total. The highest BCUT2D eigenvalue weighted by Crippen LogP contribution is 2.47. The van der Waals surface area contributed by atoms with Crippen molar-refractivity contribution >= 4 is 23.4 Å². The van der Waals surface area contributed by atoms with Gasteiger partial charge in [0.25, 0.3) is 5.91 Å². The second-order valence-electron chi connectivity index (χ2n) is 10.3. The molecular formula is C29H24ClF4N5O4. The number of benzene rings is 2. The largest absolute Gasteiger partial charge is 0.489 e. The van der Waals surface area contributed by atoms with Crippen LogP contribution < -0.4 is 15.8 Å². The van der Waals surface area contributed by atoms with E-state index in [0.29, 0.717) is 5.69 Å². The lowest BCUT2D eigenvalue weighted by molar-refractivity contribution is -0.265. The Hall–Kier alpha value is -4.49. The molecule has 0 unspecified atom stereocenters. The number of primary amides is 1. The van der Waals surface area contributed by atoms with Crippen molar-refractivity contribution in [1.29, 1.82) is 0 Å². The van der Waals surface area contributed by atoms with Crippen LogP contribution in [0.25, 0.3) is 16.9 Å². The van der Waals surface area contributed by atoms with Crippen molar-refractivity contribution in [3.63, 3.8) is 0 Å². The number of aliphatic hydroxyl groups is 1. The SMILES string of the molecule is Cc1nn(-c2ccccc2)c(Cl)c1C(=O)NC[C@](O)(c1cc2c(c(-c3ccc(F)cc3)n1)OC[C@]2(C)C(N)=O)C(F)(F)F. The Morgan fingerprint density at radius 2 is 1.81 bits per heavy atom. The molecule has 5 rings (SSSR count). The third-order valence-electron chi connectivity index (χ3n) is 7.36. The van der Waals surface area contributed by atoms with Crippen molar-refractivity contribution in [2.24, 2.45) is 5.73 Å². The van der Waals surface area contributed by atoms with Crippen LogP contribution in [-0.4, -0.2) is 51.0 Å². The van der Waals surface area contributed by atoms with E-state index in [9.17, 15) is 32.3 Å². The zero-order valence-electron chi connectivity index (χ0n) is 22.7. The molecule has 0 saturated heterocycles. The minimum atomic E-state index is -5.38. The van der Waals surface area contributed by atoms with Gasteiger partial charge in [-0.2, -0.15) is 18.3 Å². The zero-order chi connectivity index (χ0) is 31.3. The van der Waals surface area contributed by atoms with Crippen LogP contribution in [-0.2, 0) is 15.8 Å². The predicted octanol–water partition coefficient (Wildman–Crippen LogP) is 4.35. The van der Waals surface area contributed by atoms with Gasteiger partial charge in [-0.05, 0) is 56.3 Å². The number of aryl methyl sites for hydroxylation is 1. The number of carbonyl (C=O) groups is 2. The van der Waals surface area contributed by atoms with Crippen LogP contribution in [0.3, 0.4) is 0 Å². The van der Waals surface area contributed by atoms with Crippen molar-refractivity contribution in [3.8, 4) is 22.7 Å². The molecule has 0 aliphatic carbocycles. The fraction of sp³-hybridized carbons (Fsp3) is 0.241. The number of nitrogens with one attached hydrogen (secondary N) is 1. The molecule has 2 aromatic carbocycles. The van der Waals surface area contributed by atoms with E-state index in [1.165, 1.54) is 30.7 Å². The van der Waals surface area contributed by atoms with E-state index in [0.717, 1.165) is 18.2 Å². The number of fused-ring (bicyclic) bond motifs is 1. The molecule has 1 aliphatic rings. The lowest BCUT2D eigenvalue weighted by Crippen LogP contribution is -2.52. The molecule has 43 heavy (non-hydrogen) atoms. The van der Waals surface area contributed by atoms with Crippen LogP contribution in [0.1, 0.15) is 34.2 Å². The third kappa shape index (κ3) is 5.08. The molecule has 2 atom stereocenters. The smallest absolute Gasteiger partial charge is 0.424 e. The summed E-state index contributed by atoms with van der Waals surface area (Å²) in [4.78, 5) is 29.6. The van der Waals surface area contributed by atoms with Crippen molar-refractivity contribution in [2.45, 2.75) is 31.0 Å². The number of hydrogen-bond acceptors (Lipinski definition) is 6. The van der Waals surface area contributed by atoms with Crippen molar-refractivity contribution in [2.75, 3.05) is 13.2 Å². The summed E-state index contributed by atoms with van der Waals surface area (Å²) in [5.41, 5.74) is -0.341. The topological polar surface area (TPSA) is 132 Å². The molecule has 2 aromatic heterocycles. The normalized spacial score (nSPS) is 17.6. The summed E-state index contributed by atoms with van der Waals surface area (Å²) in [5, 5.41) is 17.4. The Balaban J connectivity index is 1.58. The van der Waals surface area contributed by atoms with Gasteiger partial charge in [0, 0.05) is 11.1 Å². The minimum Gasteiger partial charge on any atom is -0.489 e. The molecule has 4 aromatic rings. The molecule has 0 bridgehead atoms. The number of hydrogen-bond donors (Lipinski definition) is 3. The predicted molar refractivity (Wildman–Crippen MR) is 147 cm³/mol. The highest BCUT2D eigenvalue weighted by molar-refractivity contribution is 6.33. The van der Waals surface area contributed by atoms with Crippen LogP contribution in [0.4, 0.5) is 17.6 Å². The van der Waals surface area contributed by atoms with Gasteiger partial charge in [-0.25, -0.2) is 14.1 Å². The molecule has 0 spiro atoms. The summed E-state index contributed by atoms with van der Waals surface area (Å²) in [6.45, 7) is 1.15. The van der Waals surface area contributed by atoms with Gasteiger partial charge in [0.05, 0.1) is 29.2 Å². The summed E-state index contributed by atoms with van der Waals surface area (Å²) in [6.07, 6.45) is -5.38. The van der Waals surface area contributed by atoms with Gasteiger partial charge in [-0.3, -0.25) is 9.59 Å². The number of ether oxygens (including phenoxy) is 1. The average Bonchev–Trinajstić information content (AvgIpc) is 3.47. The van der Waals surface area contributed by atoms with Crippen molar-refractivity contribution in [3.05, 3.63) is 94.1 Å². The van der Waals surface area contributed by atoms with E-state index in [4.69, 9.17) is 22.1 Å². The van der Waals surface area contributed by atoms with Crippen LogP contribution >= 0.6 is 11.6 Å². The first-order valence-corrected chi connectivity index (χ1v) is 13.2. The molecular weight excluding hydrogens is 594 g/mol. The molecule has 0 saturated carbocycles. The number of nitrogens with zero attached hydrogens (tertiary/aromatic N) is 3. The van der Waals surface area contributed by atoms with Gasteiger partial charge >= 0.3 is 6.18 Å².